The van der Waals surface area contributed by atoms with Crippen LogP contribution in [0.2, 0.25) is 0 Å². The van der Waals surface area contributed by atoms with Gasteiger partial charge in [-0.1, -0.05) is 57.2 Å². The minimum absolute atomic E-state index is 0.124. The standard InChI is InChI=1S/C18H22O2/c1-18(2,3)15-10-8-13(9-11-15)17(19)14-6-5-7-16(12-14)20-4/h5-12,17,19H,1-4H3. The Bertz CT molecular complexity index is 565. The van der Waals surface area contributed by atoms with Crippen LogP contribution >= 0.6 is 0 Å². The molecule has 0 aliphatic carbocycles. The molecule has 0 radical (unpaired) electrons. The lowest BCUT2D eigenvalue weighted by atomic mass is 9.86. The Morgan fingerprint density at radius 2 is 1.60 bits per heavy atom. The first-order valence-electron chi connectivity index (χ1n) is 6.84. The highest BCUT2D eigenvalue weighted by Gasteiger charge is 2.15. The van der Waals surface area contributed by atoms with E-state index in [9.17, 15) is 5.11 Å². The minimum Gasteiger partial charge on any atom is -0.497 e. The first-order valence-corrected chi connectivity index (χ1v) is 6.84. The molecule has 0 bridgehead atoms. The van der Waals surface area contributed by atoms with Crippen molar-refractivity contribution in [2.24, 2.45) is 0 Å². The second kappa shape index (κ2) is 5.68. The monoisotopic (exact) mass is 270 g/mol. The van der Waals surface area contributed by atoms with Crippen LogP contribution < -0.4 is 4.74 Å². The van der Waals surface area contributed by atoms with Crippen molar-refractivity contribution in [1.29, 1.82) is 0 Å². The van der Waals surface area contributed by atoms with Crippen molar-refractivity contribution >= 4 is 0 Å². The number of ether oxygens (including phenoxy) is 1. The van der Waals surface area contributed by atoms with E-state index < -0.39 is 6.10 Å². The molecule has 2 rings (SSSR count). The number of aliphatic hydroxyl groups is 1. The van der Waals surface area contributed by atoms with Crippen molar-refractivity contribution in [2.75, 3.05) is 7.11 Å². The summed E-state index contributed by atoms with van der Waals surface area (Å²) in [5.74, 6) is 0.757. The van der Waals surface area contributed by atoms with E-state index in [0.29, 0.717) is 0 Å². The second-order valence-electron chi connectivity index (χ2n) is 6.05. The van der Waals surface area contributed by atoms with E-state index in [1.54, 1.807) is 7.11 Å². The Morgan fingerprint density at radius 1 is 0.950 bits per heavy atom. The lowest BCUT2D eigenvalue weighted by Crippen LogP contribution is -2.11. The zero-order valence-corrected chi connectivity index (χ0v) is 12.6. The van der Waals surface area contributed by atoms with Crippen LogP contribution in [0.15, 0.2) is 48.5 Å². The lowest BCUT2D eigenvalue weighted by Gasteiger charge is -2.20. The highest BCUT2D eigenvalue weighted by molar-refractivity contribution is 5.37. The Kier molecular flexibility index (Phi) is 4.15. The van der Waals surface area contributed by atoms with E-state index in [0.717, 1.165) is 16.9 Å². The van der Waals surface area contributed by atoms with Gasteiger partial charge in [-0.05, 0) is 34.2 Å². The van der Waals surface area contributed by atoms with Crippen molar-refractivity contribution in [1.82, 2.24) is 0 Å². The third-order valence-electron chi connectivity index (χ3n) is 3.50. The topological polar surface area (TPSA) is 29.5 Å². The van der Waals surface area contributed by atoms with Gasteiger partial charge in [0.2, 0.25) is 0 Å². The molecule has 1 N–H and O–H groups in total. The molecule has 106 valence electrons. The summed E-state index contributed by atoms with van der Waals surface area (Å²) in [4.78, 5) is 0. The van der Waals surface area contributed by atoms with E-state index in [4.69, 9.17) is 4.74 Å². The predicted octanol–water partition coefficient (Wildman–Crippen LogP) is 4.07. The van der Waals surface area contributed by atoms with Gasteiger partial charge in [0.1, 0.15) is 11.9 Å². The van der Waals surface area contributed by atoms with E-state index in [1.165, 1.54) is 5.56 Å². The quantitative estimate of drug-likeness (QED) is 0.910. The Labute approximate surface area is 121 Å². The predicted molar refractivity (Wildman–Crippen MR) is 82.2 cm³/mol. The fourth-order valence-corrected chi connectivity index (χ4v) is 2.17. The molecule has 0 heterocycles. The molecule has 2 heteroatoms. The van der Waals surface area contributed by atoms with Gasteiger partial charge in [-0.3, -0.25) is 0 Å². The van der Waals surface area contributed by atoms with E-state index in [1.807, 2.05) is 36.4 Å². The fraction of sp³-hybridized carbons (Fsp3) is 0.333. The molecule has 20 heavy (non-hydrogen) atoms. The van der Waals surface area contributed by atoms with E-state index in [-0.39, 0.29) is 5.41 Å². The Balaban J connectivity index is 2.26. The van der Waals surface area contributed by atoms with E-state index in [2.05, 4.69) is 32.9 Å². The maximum atomic E-state index is 10.4. The highest BCUT2D eigenvalue weighted by atomic mass is 16.5. The maximum Gasteiger partial charge on any atom is 0.119 e. The number of aliphatic hydroxyl groups excluding tert-OH is 1. The lowest BCUT2D eigenvalue weighted by molar-refractivity contribution is 0.219. The summed E-state index contributed by atoms with van der Waals surface area (Å²) in [6, 6.07) is 15.7. The molecule has 0 aliphatic rings. The number of benzene rings is 2. The molecule has 2 aromatic carbocycles. The van der Waals surface area contributed by atoms with Gasteiger partial charge in [0.25, 0.3) is 0 Å². The summed E-state index contributed by atoms with van der Waals surface area (Å²) in [6.07, 6.45) is -0.626. The summed E-state index contributed by atoms with van der Waals surface area (Å²) < 4.78 is 5.19. The summed E-state index contributed by atoms with van der Waals surface area (Å²) in [7, 11) is 1.63. The van der Waals surface area contributed by atoms with Gasteiger partial charge in [0.05, 0.1) is 7.11 Å². The van der Waals surface area contributed by atoms with Gasteiger partial charge in [-0.15, -0.1) is 0 Å². The fourth-order valence-electron chi connectivity index (χ4n) is 2.17. The number of methoxy groups -OCH3 is 1. The van der Waals surface area contributed by atoms with Crippen LogP contribution in [-0.2, 0) is 5.41 Å². The van der Waals surface area contributed by atoms with Crippen LogP contribution in [0.5, 0.6) is 5.75 Å². The molecule has 2 aromatic rings. The first-order chi connectivity index (χ1) is 9.41. The van der Waals surface area contributed by atoms with Crippen molar-refractivity contribution < 1.29 is 9.84 Å². The van der Waals surface area contributed by atoms with Crippen LogP contribution in [0.3, 0.4) is 0 Å². The average Bonchev–Trinajstić information content (AvgIpc) is 2.46. The van der Waals surface area contributed by atoms with Crippen LogP contribution in [-0.4, -0.2) is 12.2 Å². The molecule has 1 unspecified atom stereocenters. The smallest absolute Gasteiger partial charge is 0.119 e. The van der Waals surface area contributed by atoms with Crippen LogP contribution in [0, 0.1) is 0 Å². The number of hydrogen-bond acceptors (Lipinski definition) is 2. The third-order valence-corrected chi connectivity index (χ3v) is 3.50. The maximum absolute atomic E-state index is 10.4. The zero-order valence-electron chi connectivity index (χ0n) is 12.6. The van der Waals surface area contributed by atoms with Gasteiger partial charge in [-0.25, -0.2) is 0 Å². The number of rotatable bonds is 3. The van der Waals surface area contributed by atoms with Crippen LogP contribution in [0.4, 0.5) is 0 Å². The largest absolute Gasteiger partial charge is 0.497 e. The average molecular weight is 270 g/mol. The third kappa shape index (κ3) is 3.20. The minimum atomic E-state index is -0.626. The van der Waals surface area contributed by atoms with Gasteiger partial charge in [-0.2, -0.15) is 0 Å². The van der Waals surface area contributed by atoms with Crippen molar-refractivity contribution in [2.45, 2.75) is 32.3 Å². The molecule has 0 saturated carbocycles. The van der Waals surface area contributed by atoms with Crippen molar-refractivity contribution in [3.05, 3.63) is 65.2 Å². The van der Waals surface area contributed by atoms with Gasteiger partial charge >= 0.3 is 0 Å². The van der Waals surface area contributed by atoms with Crippen LogP contribution in [0.25, 0.3) is 0 Å². The highest BCUT2D eigenvalue weighted by Crippen LogP contribution is 2.28. The molecule has 0 spiro atoms. The molecule has 0 amide bonds. The number of hydrogen-bond donors (Lipinski definition) is 1. The van der Waals surface area contributed by atoms with Gasteiger partial charge in [0.15, 0.2) is 0 Å². The summed E-state index contributed by atoms with van der Waals surface area (Å²) in [5.41, 5.74) is 3.12. The van der Waals surface area contributed by atoms with Gasteiger partial charge in [0, 0.05) is 0 Å². The molecule has 2 nitrogen and oxygen atoms in total. The summed E-state index contributed by atoms with van der Waals surface area (Å²) >= 11 is 0. The van der Waals surface area contributed by atoms with Gasteiger partial charge < -0.3 is 9.84 Å². The molecule has 1 atom stereocenters. The second-order valence-corrected chi connectivity index (χ2v) is 6.05. The molecule has 0 aromatic heterocycles. The molecular weight excluding hydrogens is 248 g/mol. The van der Waals surface area contributed by atoms with Crippen molar-refractivity contribution in [3.8, 4) is 5.75 Å². The SMILES string of the molecule is COc1cccc(C(O)c2ccc(C(C)(C)C)cc2)c1. The summed E-state index contributed by atoms with van der Waals surface area (Å²) in [5, 5.41) is 10.4. The normalized spacial score (nSPS) is 13.1. The Hall–Kier alpha value is -1.80. The first kappa shape index (κ1) is 14.6. The van der Waals surface area contributed by atoms with Crippen LogP contribution in [0.1, 0.15) is 43.6 Å². The van der Waals surface area contributed by atoms with Crippen molar-refractivity contribution in [3.63, 3.8) is 0 Å². The molecule has 0 fully saturated rings. The van der Waals surface area contributed by atoms with E-state index >= 15 is 0 Å². The summed E-state index contributed by atoms with van der Waals surface area (Å²) in [6.45, 7) is 6.54. The molecule has 0 saturated heterocycles. The molecule has 0 aliphatic heterocycles. The molecular formula is C18H22O2. The Morgan fingerprint density at radius 3 is 2.15 bits per heavy atom. The zero-order chi connectivity index (χ0) is 14.8.